The summed E-state index contributed by atoms with van der Waals surface area (Å²) in [6.45, 7) is 10.3. The first-order chi connectivity index (χ1) is 12.9. The number of allylic oxidation sites excluding steroid dienone is 8. The molecule has 0 heterocycles. The van der Waals surface area contributed by atoms with Crippen molar-refractivity contribution >= 4 is 5.78 Å². The van der Waals surface area contributed by atoms with Crippen LogP contribution >= 0.6 is 0 Å². The number of carbonyl (C=O) groups excluding carboxylic acids is 1. The van der Waals surface area contributed by atoms with Crippen LogP contribution in [0.25, 0.3) is 0 Å². The quantitative estimate of drug-likeness (QED) is 0.471. The van der Waals surface area contributed by atoms with Crippen molar-refractivity contribution in [2.24, 2.45) is 29.6 Å². The average molecular weight is 371 g/mol. The smallest absolute Gasteiger partial charge is 0.159 e. The maximum absolute atomic E-state index is 15.7. The molecular formula is C25H35FO. The van der Waals surface area contributed by atoms with Crippen LogP contribution in [0.5, 0.6) is 0 Å². The highest BCUT2D eigenvalue weighted by molar-refractivity contribution is 5.94. The van der Waals surface area contributed by atoms with Crippen molar-refractivity contribution in [1.29, 1.82) is 0 Å². The summed E-state index contributed by atoms with van der Waals surface area (Å²) in [5.41, 5.74) is 2.62. The second kappa shape index (κ2) is 7.89. The van der Waals surface area contributed by atoms with E-state index in [0.717, 1.165) is 31.3 Å². The molecule has 2 heteroatoms. The molecule has 0 N–H and O–H groups in total. The number of carbonyl (C=O) groups is 1. The lowest BCUT2D eigenvalue weighted by atomic mass is 9.81. The van der Waals surface area contributed by atoms with Crippen LogP contribution in [0.1, 0.15) is 66.7 Å². The van der Waals surface area contributed by atoms with Gasteiger partial charge < -0.3 is 0 Å². The summed E-state index contributed by atoms with van der Waals surface area (Å²) in [4.78, 5) is 12.4. The third kappa shape index (κ3) is 3.91. The predicted molar refractivity (Wildman–Crippen MR) is 111 cm³/mol. The van der Waals surface area contributed by atoms with Gasteiger partial charge in [0.05, 0.1) is 0 Å². The Morgan fingerprint density at radius 1 is 1.26 bits per heavy atom. The predicted octanol–water partition coefficient (Wildman–Crippen LogP) is 6.77. The molecule has 0 bridgehead atoms. The van der Waals surface area contributed by atoms with Gasteiger partial charge >= 0.3 is 0 Å². The molecule has 3 rings (SSSR count). The zero-order chi connectivity index (χ0) is 19.8. The Bertz CT molecular complexity index is 710. The van der Waals surface area contributed by atoms with Crippen molar-refractivity contribution < 1.29 is 9.18 Å². The van der Waals surface area contributed by atoms with Crippen LogP contribution in [-0.4, -0.2) is 11.5 Å². The molecule has 3 fully saturated rings. The number of fused-ring (bicyclic) bond motifs is 1. The van der Waals surface area contributed by atoms with Gasteiger partial charge in [-0.3, -0.25) is 4.79 Å². The second-order valence-electron chi connectivity index (χ2n) is 8.89. The molecule has 0 amide bonds. The standard InChI is InChI=1S/C25H35FO/c1-6-9-10-19-20(13-17(5)25(26,8-3)23-15-22(19)23)16(4)11-12-24(27)21-14-18(21)7-2/h6,9-12,17-18,21-23H,7-8,13-15H2,1-5H3/b9-6?,12-11+,19-10+,20-16+. The molecule has 0 radical (unpaired) electrons. The minimum atomic E-state index is -1.07. The van der Waals surface area contributed by atoms with Gasteiger partial charge in [-0.25, -0.2) is 4.39 Å². The summed E-state index contributed by atoms with van der Waals surface area (Å²) in [7, 11) is 0. The lowest BCUT2D eigenvalue weighted by Gasteiger charge is -2.30. The molecule has 1 nitrogen and oxygen atoms in total. The van der Waals surface area contributed by atoms with Gasteiger partial charge in [0.25, 0.3) is 0 Å². The molecule has 148 valence electrons. The summed E-state index contributed by atoms with van der Waals surface area (Å²) in [6, 6.07) is 0. The van der Waals surface area contributed by atoms with Gasteiger partial charge in [-0.05, 0) is 80.1 Å². The number of rotatable bonds is 6. The molecule has 3 aliphatic rings. The van der Waals surface area contributed by atoms with Crippen molar-refractivity contribution in [3.63, 3.8) is 0 Å². The molecule has 0 aromatic rings. The van der Waals surface area contributed by atoms with E-state index in [4.69, 9.17) is 0 Å². The highest BCUT2D eigenvalue weighted by Gasteiger charge is 2.58. The SMILES string of the molecule is CC=C\C=C1/C(=C(C)/C=C/C(=O)C2CC2CC)CC(C)C(F)(CC)C2CC12. The molecular weight excluding hydrogens is 335 g/mol. The number of halogens is 1. The van der Waals surface area contributed by atoms with E-state index < -0.39 is 5.67 Å². The number of ketones is 1. The lowest BCUT2D eigenvalue weighted by molar-refractivity contribution is -0.116. The van der Waals surface area contributed by atoms with E-state index in [-0.39, 0.29) is 23.5 Å². The van der Waals surface area contributed by atoms with Crippen LogP contribution in [0, 0.1) is 29.6 Å². The Morgan fingerprint density at radius 3 is 2.59 bits per heavy atom. The van der Waals surface area contributed by atoms with E-state index in [0.29, 0.717) is 18.3 Å². The Labute approximate surface area is 164 Å². The molecule has 6 unspecified atom stereocenters. The van der Waals surface area contributed by atoms with Crippen LogP contribution in [0.15, 0.2) is 47.1 Å². The first-order valence-electron chi connectivity index (χ1n) is 10.8. The molecule has 0 aromatic carbocycles. The molecule has 6 atom stereocenters. The van der Waals surface area contributed by atoms with E-state index in [2.05, 4.69) is 32.9 Å². The van der Waals surface area contributed by atoms with Gasteiger partial charge in [-0.15, -0.1) is 0 Å². The number of hydrogen-bond acceptors (Lipinski definition) is 1. The maximum Gasteiger partial charge on any atom is 0.159 e. The third-order valence-electron chi connectivity index (χ3n) is 7.28. The van der Waals surface area contributed by atoms with Gasteiger partial charge in [0.1, 0.15) is 5.67 Å². The lowest BCUT2D eigenvalue weighted by Crippen LogP contribution is -2.33. The van der Waals surface area contributed by atoms with Crippen molar-refractivity contribution in [2.45, 2.75) is 72.4 Å². The monoisotopic (exact) mass is 370 g/mol. The highest BCUT2D eigenvalue weighted by Crippen LogP contribution is 2.61. The maximum atomic E-state index is 15.7. The van der Waals surface area contributed by atoms with Gasteiger partial charge in [-0.1, -0.05) is 51.5 Å². The third-order valence-corrected chi connectivity index (χ3v) is 7.28. The second-order valence-corrected chi connectivity index (χ2v) is 8.89. The van der Waals surface area contributed by atoms with Crippen molar-refractivity contribution in [3.05, 3.63) is 47.1 Å². The minimum Gasteiger partial charge on any atom is -0.295 e. The summed E-state index contributed by atoms with van der Waals surface area (Å²) < 4.78 is 15.7. The minimum absolute atomic E-state index is 0.0101. The van der Waals surface area contributed by atoms with Gasteiger partial charge in [0.15, 0.2) is 5.78 Å². The van der Waals surface area contributed by atoms with Gasteiger partial charge in [0.2, 0.25) is 0 Å². The first kappa shape index (κ1) is 20.3. The summed E-state index contributed by atoms with van der Waals surface area (Å²) in [6.07, 6.45) is 14.5. The average Bonchev–Trinajstić information content (AvgIpc) is 3.56. The number of hydrogen-bond donors (Lipinski definition) is 0. The van der Waals surface area contributed by atoms with Gasteiger partial charge in [-0.2, -0.15) is 0 Å². The fraction of sp³-hybridized carbons (Fsp3) is 0.640. The van der Waals surface area contributed by atoms with Crippen molar-refractivity contribution in [1.82, 2.24) is 0 Å². The van der Waals surface area contributed by atoms with E-state index in [1.54, 1.807) is 6.08 Å². The fourth-order valence-electron chi connectivity index (χ4n) is 5.15. The molecule has 0 aromatic heterocycles. The summed E-state index contributed by atoms with van der Waals surface area (Å²) in [5, 5.41) is 0. The van der Waals surface area contributed by atoms with Crippen molar-refractivity contribution in [3.8, 4) is 0 Å². The zero-order valence-electron chi connectivity index (χ0n) is 17.6. The number of alkyl halides is 1. The topological polar surface area (TPSA) is 17.1 Å². The summed E-state index contributed by atoms with van der Waals surface area (Å²) in [5.74, 6) is 1.58. The summed E-state index contributed by atoms with van der Waals surface area (Å²) >= 11 is 0. The molecule has 3 saturated carbocycles. The van der Waals surface area contributed by atoms with Crippen LogP contribution < -0.4 is 0 Å². The normalized spacial score (nSPS) is 41.7. The Balaban J connectivity index is 1.90. The van der Waals surface area contributed by atoms with E-state index in [9.17, 15) is 4.79 Å². The van der Waals surface area contributed by atoms with E-state index >= 15 is 4.39 Å². The fourth-order valence-corrected chi connectivity index (χ4v) is 5.15. The van der Waals surface area contributed by atoms with Crippen LogP contribution in [-0.2, 0) is 4.79 Å². The van der Waals surface area contributed by atoms with Crippen LogP contribution in [0.2, 0.25) is 0 Å². The highest BCUT2D eigenvalue weighted by atomic mass is 19.1. The van der Waals surface area contributed by atoms with Gasteiger partial charge in [0, 0.05) is 11.8 Å². The molecule has 0 saturated heterocycles. The van der Waals surface area contributed by atoms with Crippen molar-refractivity contribution in [2.75, 3.05) is 0 Å². The largest absolute Gasteiger partial charge is 0.295 e. The molecule has 0 spiro atoms. The Morgan fingerprint density at radius 2 is 2.00 bits per heavy atom. The van der Waals surface area contributed by atoms with Crippen LogP contribution in [0.4, 0.5) is 4.39 Å². The molecule has 3 aliphatic carbocycles. The Hall–Kier alpha value is -1.44. The van der Waals surface area contributed by atoms with E-state index in [1.165, 1.54) is 11.1 Å². The van der Waals surface area contributed by atoms with Crippen LogP contribution in [0.3, 0.4) is 0 Å². The molecule has 0 aliphatic heterocycles. The van der Waals surface area contributed by atoms with E-state index in [1.807, 2.05) is 26.0 Å². The Kier molecular flexibility index (Phi) is 5.93. The molecule has 27 heavy (non-hydrogen) atoms. The first-order valence-corrected chi connectivity index (χ1v) is 10.8. The zero-order valence-corrected chi connectivity index (χ0v) is 17.6.